The second kappa shape index (κ2) is 7.66. The summed E-state index contributed by atoms with van der Waals surface area (Å²) >= 11 is 0. The number of hydrogen-bond donors (Lipinski definition) is 1. The number of ether oxygens (including phenoxy) is 1. The third kappa shape index (κ3) is 3.55. The van der Waals surface area contributed by atoms with E-state index in [2.05, 4.69) is 9.97 Å². The number of hydrogen-bond acceptors (Lipinski definition) is 3. The lowest BCUT2D eigenvalue weighted by Crippen LogP contribution is -2.35. The van der Waals surface area contributed by atoms with Crippen LogP contribution in [0.2, 0.25) is 0 Å². The van der Waals surface area contributed by atoms with Crippen LogP contribution in [0.3, 0.4) is 0 Å². The number of H-pyrrole nitrogens is 1. The Kier molecular flexibility index (Phi) is 5.14. The Morgan fingerprint density at radius 2 is 1.96 bits per heavy atom. The van der Waals surface area contributed by atoms with E-state index in [0.29, 0.717) is 12.2 Å². The van der Waals surface area contributed by atoms with Gasteiger partial charge >= 0.3 is 0 Å². The molecule has 0 aliphatic heterocycles. The largest absolute Gasteiger partial charge is 0.497 e. The molecule has 2 aromatic heterocycles. The van der Waals surface area contributed by atoms with Gasteiger partial charge in [-0.25, -0.2) is 0 Å². The first-order chi connectivity index (χ1) is 12.2. The summed E-state index contributed by atoms with van der Waals surface area (Å²) in [6.45, 7) is 2.55. The maximum atomic E-state index is 13.0. The second-order valence-corrected chi connectivity index (χ2v) is 5.64. The fourth-order valence-corrected chi connectivity index (χ4v) is 2.94. The number of carbonyl (C=O) groups excluding carboxylic acids is 1. The molecule has 0 spiro atoms. The quantitative estimate of drug-likeness (QED) is 0.748. The summed E-state index contributed by atoms with van der Waals surface area (Å²) in [5.41, 5.74) is 2.55. The zero-order valence-electron chi connectivity index (χ0n) is 14.3. The lowest BCUT2D eigenvalue weighted by molar-refractivity contribution is 0.0711. The van der Waals surface area contributed by atoms with Crippen molar-refractivity contribution in [2.75, 3.05) is 13.7 Å². The summed E-state index contributed by atoms with van der Waals surface area (Å²) in [6, 6.07) is 15.1. The molecule has 3 aromatic rings. The van der Waals surface area contributed by atoms with Crippen molar-refractivity contribution in [3.8, 4) is 5.75 Å². The fraction of sp³-hybridized carbons (Fsp3) is 0.200. The number of carbonyl (C=O) groups is 1. The Morgan fingerprint density at radius 1 is 1.16 bits per heavy atom. The molecule has 0 saturated carbocycles. The Labute approximate surface area is 147 Å². The smallest absolute Gasteiger partial charge is 0.271 e. The summed E-state index contributed by atoms with van der Waals surface area (Å²) in [4.78, 5) is 22.1. The average molecular weight is 335 g/mol. The molecule has 2 heterocycles. The monoisotopic (exact) mass is 335 g/mol. The zero-order valence-corrected chi connectivity index (χ0v) is 14.3. The van der Waals surface area contributed by atoms with Gasteiger partial charge in [-0.1, -0.05) is 18.2 Å². The van der Waals surface area contributed by atoms with Crippen LogP contribution in [0.4, 0.5) is 0 Å². The second-order valence-electron chi connectivity index (χ2n) is 5.64. The first-order valence-corrected chi connectivity index (χ1v) is 8.22. The van der Waals surface area contributed by atoms with E-state index in [4.69, 9.17) is 4.74 Å². The third-order valence-corrected chi connectivity index (χ3v) is 4.17. The zero-order chi connectivity index (χ0) is 17.6. The highest BCUT2D eigenvalue weighted by Gasteiger charge is 2.27. The van der Waals surface area contributed by atoms with Gasteiger partial charge in [-0.15, -0.1) is 0 Å². The highest BCUT2D eigenvalue weighted by Crippen LogP contribution is 2.30. The number of rotatable bonds is 6. The molecule has 1 aromatic carbocycles. The predicted molar refractivity (Wildman–Crippen MR) is 96.6 cm³/mol. The summed E-state index contributed by atoms with van der Waals surface area (Å²) in [5, 5.41) is 0. The lowest BCUT2D eigenvalue weighted by Gasteiger charge is -2.31. The van der Waals surface area contributed by atoms with Crippen molar-refractivity contribution in [1.29, 1.82) is 0 Å². The topological polar surface area (TPSA) is 58.2 Å². The predicted octanol–water partition coefficient (Wildman–Crippen LogP) is 3.67. The van der Waals surface area contributed by atoms with Crippen molar-refractivity contribution in [1.82, 2.24) is 14.9 Å². The molecule has 0 aliphatic carbocycles. The van der Waals surface area contributed by atoms with Crippen LogP contribution >= 0.6 is 0 Å². The van der Waals surface area contributed by atoms with Gasteiger partial charge in [0.1, 0.15) is 11.4 Å². The van der Waals surface area contributed by atoms with Gasteiger partial charge in [-0.05, 0) is 48.4 Å². The van der Waals surface area contributed by atoms with Crippen molar-refractivity contribution >= 4 is 5.91 Å². The molecule has 0 unspecified atom stereocenters. The van der Waals surface area contributed by atoms with Crippen LogP contribution in [0, 0.1) is 0 Å². The lowest BCUT2D eigenvalue weighted by atomic mass is 9.98. The van der Waals surface area contributed by atoms with E-state index in [-0.39, 0.29) is 11.9 Å². The van der Waals surface area contributed by atoms with Crippen molar-refractivity contribution < 1.29 is 9.53 Å². The van der Waals surface area contributed by atoms with Crippen molar-refractivity contribution in [3.05, 3.63) is 83.9 Å². The number of benzene rings is 1. The Hall–Kier alpha value is -3.08. The molecule has 0 bridgehead atoms. The summed E-state index contributed by atoms with van der Waals surface area (Å²) in [7, 11) is 1.64. The summed E-state index contributed by atoms with van der Waals surface area (Å²) in [6.07, 6.45) is 5.30. The maximum absolute atomic E-state index is 13.0. The molecular weight excluding hydrogens is 314 g/mol. The van der Waals surface area contributed by atoms with E-state index in [1.807, 2.05) is 54.3 Å². The molecule has 5 heteroatoms. The Bertz CT molecular complexity index is 799. The van der Waals surface area contributed by atoms with Gasteiger partial charge in [0.2, 0.25) is 0 Å². The van der Waals surface area contributed by atoms with E-state index >= 15 is 0 Å². The fourth-order valence-electron chi connectivity index (χ4n) is 2.94. The van der Waals surface area contributed by atoms with Crippen LogP contribution in [0.25, 0.3) is 0 Å². The van der Waals surface area contributed by atoms with Gasteiger partial charge in [0.15, 0.2) is 0 Å². The standard InChI is InChI=1S/C20H21N3O2/c1-3-23(20(24)18-7-5-13-22-18)19(16-6-4-12-21-14-16)15-8-10-17(25-2)11-9-15/h4-14,19,22H,3H2,1-2H3/t19-/m0/s1. The minimum Gasteiger partial charge on any atom is -0.497 e. The van der Waals surface area contributed by atoms with Crippen LogP contribution in [0.1, 0.15) is 34.6 Å². The number of aromatic amines is 1. The minimum atomic E-state index is -0.222. The molecule has 5 nitrogen and oxygen atoms in total. The molecule has 1 amide bonds. The van der Waals surface area contributed by atoms with Crippen LogP contribution in [-0.4, -0.2) is 34.4 Å². The Balaban J connectivity index is 2.04. The highest BCUT2D eigenvalue weighted by atomic mass is 16.5. The van der Waals surface area contributed by atoms with E-state index in [9.17, 15) is 4.79 Å². The molecule has 0 saturated heterocycles. The molecule has 0 fully saturated rings. The van der Waals surface area contributed by atoms with E-state index in [1.54, 1.807) is 31.8 Å². The normalized spacial score (nSPS) is 11.8. The maximum Gasteiger partial charge on any atom is 0.271 e. The molecule has 3 rings (SSSR count). The number of nitrogens with one attached hydrogen (secondary N) is 1. The van der Waals surface area contributed by atoms with Crippen molar-refractivity contribution in [2.45, 2.75) is 13.0 Å². The van der Waals surface area contributed by atoms with Gasteiger partial charge < -0.3 is 14.6 Å². The molecule has 1 atom stereocenters. The van der Waals surface area contributed by atoms with Crippen LogP contribution in [0.15, 0.2) is 67.1 Å². The molecular formula is C20H21N3O2. The van der Waals surface area contributed by atoms with Gasteiger partial charge in [-0.3, -0.25) is 9.78 Å². The number of aromatic nitrogens is 2. The minimum absolute atomic E-state index is 0.0443. The Morgan fingerprint density at radius 3 is 2.52 bits per heavy atom. The first-order valence-electron chi connectivity index (χ1n) is 8.22. The van der Waals surface area contributed by atoms with Crippen LogP contribution in [-0.2, 0) is 0 Å². The van der Waals surface area contributed by atoms with Gasteiger partial charge in [0.05, 0.1) is 13.2 Å². The van der Waals surface area contributed by atoms with E-state index in [1.165, 1.54) is 0 Å². The van der Waals surface area contributed by atoms with Crippen LogP contribution < -0.4 is 4.74 Å². The number of pyridine rings is 1. The number of methoxy groups -OCH3 is 1. The summed E-state index contributed by atoms with van der Waals surface area (Å²) < 4.78 is 5.25. The van der Waals surface area contributed by atoms with Crippen molar-refractivity contribution in [2.24, 2.45) is 0 Å². The summed E-state index contributed by atoms with van der Waals surface area (Å²) in [5.74, 6) is 0.740. The average Bonchev–Trinajstić information content (AvgIpc) is 3.21. The van der Waals surface area contributed by atoms with E-state index < -0.39 is 0 Å². The van der Waals surface area contributed by atoms with Gasteiger partial charge in [0.25, 0.3) is 5.91 Å². The molecule has 0 radical (unpaired) electrons. The molecule has 25 heavy (non-hydrogen) atoms. The number of nitrogens with zero attached hydrogens (tertiary/aromatic N) is 2. The highest BCUT2D eigenvalue weighted by molar-refractivity contribution is 5.93. The number of amides is 1. The molecule has 0 aliphatic rings. The van der Waals surface area contributed by atoms with Crippen LogP contribution in [0.5, 0.6) is 5.75 Å². The van der Waals surface area contributed by atoms with E-state index in [0.717, 1.165) is 16.9 Å². The van der Waals surface area contributed by atoms with Crippen molar-refractivity contribution in [3.63, 3.8) is 0 Å². The SMILES string of the molecule is CCN(C(=O)c1ccc[nH]1)[C@@H](c1ccc(OC)cc1)c1cccnc1. The first kappa shape index (κ1) is 16.8. The molecule has 128 valence electrons. The van der Waals surface area contributed by atoms with Gasteiger partial charge in [-0.2, -0.15) is 0 Å². The third-order valence-electron chi connectivity index (χ3n) is 4.17. The molecule has 1 N–H and O–H groups in total. The van der Waals surface area contributed by atoms with Gasteiger partial charge in [0, 0.05) is 25.1 Å².